The van der Waals surface area contributed by atoms with Crippen LogP contribution in [0.25, 0.3) is 0 Å². The van der Waals surface area contributed by atoms with Gasteiger partial charge in [0.05, 0.1) is 12.6 Å². The van der Waals surface area contributed by atoms with Crippen molar-refractivity contribution in [1.29, 1.82) is 0 Å². The second-order valence-corrected chi connectivity index (χ2v) is 4.95. The topological polar surface area (TPSA) is 75.8 Å². The number of carbonyl (C=O) groups excluding carboxylic acids is 1. The molecule has 96 valence electrons. The summed E-state index contributed by atoms with van der Waals surface area (Å²) in [5.74, 6) is 0. The van der Waals surface area contributed by atoms with Gasteiger partial charge in [-0.25, -0.2) is 4.79 Å². The summed E-state index contributed by atoms with van der Waals surface area (Å²) < 4.78 is 5.20. The standard InChI is InChI=1S/C10H20N2O3.ClH/c1-10(2,3)15-9(14)12-5-4-7(11)8(13)6-12;/h7-8,13H,4-6,11H2,1-3H3;1H. The highest BCUT2D eigenvalue weighted by Gasteiger charge is 2.30. The van der Waals surface area contributed by atoms with Gasteiger partial charge in [0.2, 0.25) is 0 Å². The Bertz CT molecular complexity index is 243. The smallest absolute Gasteiger partial charge is 0.410 e. The summed E-state index contributed by atoms with van der Waals surface area (Å²) in [6, 6.07) is -0.233. The first-order chi connectivity index (χ1) is 6.79. The van der Waals surface area contributed by atoms with Gasteiger partial charge in [0.15, 0.2) is 0 Å². The lowest BCUT2D eigenvalue weighted by Crippen LogP contribution is -2.53. The minimum absolute atomic E-state index is 0. The zero-order valence-corrected chi connectivity index (χ0v) is 10.8. The van der Waals surface area contributed by atoms with Gasteiger partial charge in [0, 0.05) is 12.6 Å². The molecule has 1 heterocycles. The molecule has 3 N–H and O–H groups in total. The molecule has 0 aromatic carbocycles. The number of likely N-dealkylation sites (tertiary alicyclic amines) is 1. The van der Waals surface area contributed by atoms with Gasteiger partial charge >= 0.3 is 6.09 Å². The Morgan fingerprint density at radius 1 is 1.50 bits per heavy atom. The lowest BCUT2D eigenvalue weighted by molar-refractivity contribution is -0.000608. The lowest BCUT2D eigenvalue weighted by atomic mass is 10.0. The van der Waals surface area contributed by atoms with Gasteiger partial charge in [0.25, 0.3) is 0 Å². The molecule has 1 saturated heterocycles. The van der Waals surface area contributed by atoms with E-state index in [0.29, 0.717) is 13.0 Å². The van der Waals surface area contributed by atoms with Crippen LogP contribution < -0.4 is 5.73 Å². The number of aliphatic hydroxyl groups is 1. The molecule has 2 atom stereocenters. The normalized spacial score (nSPS) is 25.9. The molecule has 1 rings (SSSR count). The summed E-state index contributed by atoms with van der Waals surface area (Å²) >= 11 is 0. The molecule has 0 spiro atoms. The van der Waals surface area contributed by atoms with Crippen LogP contribution in [0.3, 0.4) is 0 Å². The van der Waals surface area contributed by atoms with Crippen LogP contribution in [0.1, 0.15) is 27.2 Å². The molecule has 1 aliphatic heterocycles. The first-order valence-corrected chi connectivity index (χ1v) is 5.21. The Morgan fingerprint density at radius 2 is 2.06 bits per heavy atom. The maximum Gasteiger partial charge on any atom is 0.410 e. The van der Waals surface area contributed by atoms with Gasteiger partial charge in [-0.3, -0.25) is 0 Å². The van der Waals surface area contributed by atoms with Crippen molar-refractivity contribution in [2.45, 2.75) is 44.9 Å². The summed E-state index contributed by atoms with van der Waals surface area (Å²) in [6.45, 7) is 6.26. The summed E-state index contributed by atoms with van der Waals surface area (Å²) in [4.78, 5) is 13.1. The van der Waals surface area contributed by atoms with Crippen molar-refractivity contribution in [3.05, 3.63) is 0 Å². The fourth-order valence-corrected chi connectivity index (χ4v) is 1.44. The highest BCUT2D eigenvalue weighted by molar-refractivity contribution is 5.85. The molecular weight excluding hydrogens is 232 g/mol. The molecule has 0 aromatic rings. The first kappa shape index (κ1) is 15.5. The lowest BCUT2D eigenvalue weighted by Gasteiger charge is -2.35. The molecule has 1 aliphatic rings. The number of aliphatic hydroxyl groups excluding tert-OH is 1. The molecule has 1 fully saturated rings. The van der Waals surface area contributed by atoms with E-state index in [9.17, 15) is 9.90 Å². The average Bonchev–Trinajstić information content (AvgIpc) is 2.06. The van der Waals surface area contributed by atoms with Crippen molar-refractivity contribution in [3.8, 4) is 0 Å². The zero-order chi connectivity index (χ0) is 11.6. The number of carbonyl (C=O) groups is 1. The molecule has 1 amide bonds. The van der Waals surface area contributed by atoms with E-state index < -0.39 is 11.7 Å². The molecule has 0 bridgehead atoms. The highest BCUT2D eigenvalue weighted by Crippen LogP contribution is 2.14. The Balaban J connectivity index is 0.00000225. The van der Waals surface area contributed by atoms with E-state index in [-0.39, 0.29) is 31.1 Å². The van der Waals surface area contributed by atoms with Crippen LogP contribution in [0.4, 0.5) is 4.79 Å². The summed E-state index contributed by atoms with van der Waals surface area (Å²) in [6.07, 6.45) is -0.417. The van der Waals surface area contributed by atoms with Crippen LogP contribution in [0, 0.1) is 0 Å². The number of nitrogens with zero attached hydrogens (tertiary/aromatic N) is 1. The SMILES string of the molecule is CC(C)(C)OC(=O)N1CCC(N)C(O)C1.Cl. The molecule has 0 radical (unpaired) electrons. The quantitative estimate of drug-likeness (QED) is 0.667. The molecule has 6 heteroatoms. The van der Waals surface area contributed by atoms with Gasteiger partial charge in [-0.2, -0.15) is 0 Å². The maximum absolute atomic E-state index is 11.6. The van der Waals surface area contributed by atoms with Crippen LogP contribution >= 0.6 is 12.4 Å². The number of nitrogens with two attached hydrogens (primary N) is 1. The van der Waals surface area contributed by atoms with Crippen molar-refractivity contribution in [1.82, 2.24) is 4.90 Å². The molecule has 2 unspecified atom stereocenters. The molecular formula is C10H21ClN2O3. The van der Waals surface area contributed by atoms with E-state index >= 15 is 0 Å². The van der Waals surface area contributed by atoms with Crippen LogP contribution in [-0.4, -0.2) is 46.9 Å². The fourth-order valence-electron chi connectivity index (χ4n) is 1.44. The van der Waals surface area contributed by atoms with E-state index in [2.05, 4.69) is 0 Å². The Hall–Kier alpha value is -0.520. The van der Waals surface area contributed by atoms with Crippen molar-refractivity contribution in [2.24, 2.45) is 5.73 Å². The Labute approximate surface area is 102 Å². The van der Waals surface area contributed by atoms with Crippen molar-refractivity contribution in [3.63, 3.8) is 0 Å². The number of ether oxygens (including phenoxy) is 1. The predicted octanol–water partition coefficient (Wildman–Crippen LogP) is 0.737. The van der Waals surface area contributed by atoms with Gasteiger partial charge < -0.3 is 20.5 Å². The number of hydrogen-bond acceptors (Lipinski definition) is 4. The number of piperidine rings is 1. The maximum atomic E-state index is 11.6. The molecule has 5 nitrogen and oxygen atoms in total. The fraction of sp³-hybridized carbons (Fsp3) is 0.900. The van der Waals surface area contributed by atoms with Crippen LogP contribution in [0.5, 0.6) is 0 Å². The van der Waals surface area contributed by atoms with Crippen LogP contribution in [0.2, 0.25) is 0 Å². The average molecular weight is 253 g/mol. The molecule has 0 saturated carbocycles. The van der Waals surface area contributed by atoms with Gasteiger partial charge in [-0.05, 0) is 27.2 Å². The van der Waals surface area contributed by atoms with E-state index in [1.165, 1.54) is 4.90 Å². The Morgan fingerprint density at radius 3 is 2.50 bits per heavy atom. The number of hydrogen-bond donors (Lipinski definition) is 2. The first-order valence-electron chi connectivity index (χ1n) is 5.21. The highest BCUT2D eigenvalue weighted by atomic mass is 35.5. The van der Waals surface area contributed by atoms with Gasteiger partial charge in [0.1, 0.15) is 5.60 Å². The van der Waals surface area contributed by atoms with E-state index in [1.54, 1.807) is 0 Å². The molecule has 16 heavy (non-hydrogen) atoms. The van der Waals surface area contributed by atoms with Gasteiger partial charge in [-0.15, -0.1) is 12.4 Å². The summed E-state index contributed by atoms with van der Waals surface area (Å²) in [5, 5.41) is 9.52. The summed E-state index contributed by atoms with van der Waals surface area (Å²) in [5.41, 5.74) is 5.14. The minimum atomic E-state index is -0.647. The monoisotopic (exact) mass is 252 g/mol. The third-order valence-electron chi connectivity index (χ3n) is 2.29. The predicted molar refractivity (Wildman–Crippen MR) is 63.7 cm³/mol. The van der Waals surface area contributed by atoms with Crippen molar-refractivity contribution in [2.75, 3.05) is 13.1 Å². The second-order valence-electron chi connectivity index (χ2n) is 4.95. The zero-order valence-electron chi connectivity index (χ0n) is 9.97. The third-order valence-corrected chi connectivity index (χ3v) is 2.29. The van der Waals surface area contributed by atoms with Crippen molar-refractivity contribution >= 4 is 18.5 Å². The minimum Gasteiger partial charge on any atom is -0.444 e. The van der Waals surface area contributed by atoms with E-state index in [4.69, 9.17) is 10.5 Å². The third kappa shape index (κ3) is 4.55. The van der Waals surface area contributed by atoms with E-state index in [0.717, 1.165) is 0 Å². The summed E-state index contributed by atoms with van der Waals surface area (Å²) in [7, 11) is 0. The van der Waals surface area contributed by atoms with E-state index in [1.807, 2.05) is 20.8 Å². The second kappa shape index (κ2) is 5.70. The van der Waals surface area contributed by atoms with Crippen LogP contribution in [-0.2, 0) is 4.74 Å². The van der Waals surface area contributed by atoms with Gasteiger partial charge in [-0.1, -0.05) is 0 Å². The number of β-amino-alcohol motifs (C(OH)–C–C–N with tert-alkyl or cyclic N) is 1. The number of amides is 1. The van der Waals surface area contributed by atoms with Crippen LogP contribution in [0.15, 0.2) is 0 Å². The molecule has 0 aliphatic carbocycles. The Kier molecular flexibility index (Phi) is 5.52. The largest absolute Gasteiger partial charge is 0.444 e. The van der Waals surface area contributed by atoms with Crippen molar-refractivity contribution < 1.29 is 14.6 Å². The number of rotatable bonds is 0. The number of halogens is 1. The molecule has 0 aromatic heterocycles.